The Balaban J connectivity index is 1.73. The Bertz CT molecular complexity index is 1130. The van der Waals surface area contributed by atoms with Gasteiger partial charge in [-0.3, -0.25) is 14.5 Å². The molecule has 3 aromatic carbocycles. The second kappa shape index (κ2) is 8.52. The van der Waals surface area contributed by atoms with E-state index in [0.29, 0.717) is 22.7 Å². The molecular formula is C25H24N2O4. The number of carbonyl (C=O) groups excluding carboxylic acids is 2. The summed E-state index contributed by atoms with van der Waals surface area (Å²) in [4.78, 5) is 27.4. The molecule has 0 aliphatic carbocycles. The maximum Gasteiger partial charge on any atom is 0.263 e. The Morgan fingerprint density at radius 3 is 2.13 bits per heavy atom. The second-order valence-electron chi connectivity index (χ2n) is 7.32. The lowest BCUT2D eigenvalue weighted by Crippen LogP contribution is -2.24. The van der Waals surface area contributed by atoms with E-state index in [1.807, 2.05) is 42.5 Å². The Labute approximate surface area is 181 Å². The summed E-state index contributed by atoms with van der Waals surface area (Å²) in [6.45, 7) is 1.55. The van der Waals surface area contributed by atoms with Crippen LogP contribution in [-0.2, 0) is 17.6 Å². The van der Waals surface area contributed by atoms with Crippen molar-refractivity contribution < 1.29 is 19.1 Å². The molecule has 0 aromatic heterocycles. The van der Waals surface area contributed by atoms with E-state index in [4.69, 9.17) is 9.47 Å². The fraction of sp³-hybridized carbons (Fsp3) is 0.200. The van der Waals surface area contributed by atoms with Gasteiger partial charge in [0.25, 0.3) is 5.91 Å². The number of hydrogen-bond acceptors (Lipinski definition) is 4. The van der Waals surface area contributed by atoms with Crippen LogP contribution in [0.2, 0.25) is 0 Å². The van der Waals surface area contributed by atoms with Gasteiger partial charge in [0, 0.05) is 12.6 Å². The van der Waals surface area contributed by atoms with Gasteiger partial charge >= 0.3 is 0 Å². The maximum atomic E-state index is 13.1. The van der Waals surface area contributed by atoms with E-state index in [0.717, 1.165) is 35.3 Å². The van der Waals surface area contributed by atoms with E-state index < -0.39 is 0 Å². The second-order valence-corrected chi connectivity index (χ2v) is 7.32. The quantitative estimate of drug-likeness (QED) is 0.667. The van der Waals surface area contributed by atoms with Gasteiger partial charge in [0.05, 0.1) is 25.6 Å². The van der Waals surface area contributed by atoms with E-state index in [9.17, 15) is 9.59 Å². The summed E-state index contributed by atoms with van der Waals surface area (Å²) in [7, 11) is 3.02. The SMILES string of the molecule is COc1cccc(OC)c1C(=O)Nc1ccc2c(c1)N(C(C)=O)c1ccccc1CC2. The third-order valence-electron chi connectivity index (χ3n) is 5.45. The summed E-state index contributed by atoms with van der Waals surface area (Å²) in [6.07, 6.45) is 1.65. The predicted molar refractivity (Wildman–Crippen MR) is 121 cm³/mol. The molecule has 31 heavy (non-hydrogen) atoms. The van der Waals surface area contributed by atoms with Crippen LogP contribution in [-0.4, -0.2) is 26.0 Å². The van der Waals surface area contributed by atoms with Crippen molar-refractivity contribution in [2.45, 2.75) is 19.8 Å². The fourth-order valence-electron chi connectivity index (χ4n) is 4.01. The molecule has 0 atom stereocenters. The maximum absolute atomic E-state index is 13.1. The van der Waals surface area contributed by atoms with Gasteiger partial charge in [-0.25, -0.2) is 0 Å². The predicted octanol–water partition coefficient (Wildman–Crippen LogP) is 4.74. The Morgan fingerprint density at radius 2 is 1.48 bits per heavy atom. The molecule has 0 saturated carbocycles. The van der Waals surface area contributed by atoms with Crippen molar-refractivity contribution in [3.8, 4) is 11.5 Å². The minimum absolute atomic E-state index is 0.0783. The minimum Gasteiger partial charge on any atom is -0.496 e. The third kappa shape index (κ3) is 3.84. The summed E-state index contributed by atoms with van der Waals surface area (Å²) in [5.74, 6) is 0.417. The van der Waals surface area contributed by atoms with Crippen molar-refractivity contribution in [3.63, 3.8) is 0 Å². The van der Waals surface area contributed by atoms with Crippen LogP contribution in [0.1, 0.15) is 28.4 Å². The summed E-state index contributed by atoms with van der Waals surface area (Å²) < 4.78 is 10.7. The first-order chi connectivity index (χ1) is 15.0. The molecule has 1 heterocycles. The topological polar surface area (TPSA) is 67.9 Å². The number of anilines is 3. The zero-order valence-electron chi connectivity index (χ0n) is 17.8. The summed E-state index contributed by atoms with van der Waals surface area (Å²) in [5.41, 5.74) is 4.74. The van der Waals surface area contributed by atoms with Gasteiger partial charge in [-0.2, -0.15) is 0 Å². The van der Waals surface area contributed by atoms with Crippen LogP contribution in [0.3, 0.4) is 0 Å². The number of para-hydroxylation sites is 1. The van der Waals surface area contributed by atoms with Gasteiger partial charge in [-0.1, -0.05) is 30.3 Å². The first-order valence-electron chi connectivity index (χ1n) is 10.1. The molecule has 4 rings (SSSR count). The summed E-state index contributed by atoms with van der Waals surface area (Å²) in [5, 5.41) is 2.92. The fourth-order valence-corrected chi connectivity index (χ4v) is 4.01. The largest absolute Gasteiger partial charge is 0.496 e. The lowest BCUT2D eigenvalue weighted by molar-refractivity contribution is -0.115. The smallest absolute Gasteiger partial charge is 0.263 e. The third-order valence-corrected chi connectivity index (χ3v) is 5.45. The Morgan fingerprint density at radius 1 is 0.839 bits per heavy atom. The molecule has 6 heteroatoms. The van der Waals surface area contributed by atoms with Crippen LogP contribution < -0.4 is 19.7 Å². The van der Waals surface area contributed by atoms with E-state index >= 15 is 0 Å². The first kappa shape index (κ1) is 20.5. The molecule has 0 fully saturated rings. The average molecular weight is 416 g/mol. The average Bonchev–Trinajstić information content (AvgIpc) is 2.94. The molecule has 2 amide bonds. The van der Waals surface area contributed by atoms with Gasteiger partial charge in [-0.05, 0) is 54.3 Å². The van der Waals surface area contributed by atoms with Crippen molar-refractivity contribution in [1.82, 2.24) is 0 Å². The number of amides is 2. The highest BCUT2D eigenvalue weighted by molar-refractivity contribution is 6.09. The highest BCUT2D eigenvalue weighted by Crippen LogP contribution is 2.38. The number of benzene rings is 3. The van der Waals surface area contributed by atoms with Crippen molar-refractivity contribution >= 4 is 28.9 Å². The molecule has 1 aliphatic heterocycles. The molecule has 0 unspecified atom stereocenters. The van der Waals surface area contributed by atoms with Crippen molar-refractivity contribution in [1.29, 1.82) is 0 Å². The summed E-state index contributed by atoms with van der Waals surface area (Å²) in [6, 6.07) is 18.8. The van der Waals surface area contributed by atoms with E-state index in [1.54, 1.807) is 30.0 Å². The number of hydrogen-bond donors (Lipinski definition) is 1. The molecule has 1 aliphatic rings. The molecule has 3 aromatic rings. The normalized spacial score (nSPS) is 12.3. The van der Waals surface area contributed by atoms with Crippen LogP contribution >= 0.6 is 0 Å². The van der Waals surface area contributed by atoms with Crippen molar-refractivity contribution in [2.75, 3.05) is 24.4 Å². The van der Waals surface area contributed by atoms with Gasteiger partial charge in [0.1, 0.15) is 17.1 Å². The number of rotatable bonds is 4. The number of carbonyl (C=O) groups is 2. The summed E-state index contributed by atoms with van der Waals surface area (Å²) >= 11 is 0. The highest BCUT2D eigenvalue weighted by atomic mass is 16.5. The van der Waals surface area contributed by atoms with Gasteiger partial charge in [0.15, 0.2) is 0 Å². The monoisotopic (exact) mass is 416 g/mol. The Hall–Kier alpha value is -3.80. The van der Waals surface area contributed by atoms with E-state index in [-0.39, 0.29) is 11.8 Å². The van der Waals surface area contributed by atoms with Gasteiger partial charge in [-0.15, -0.1) is 0 Å². The number of fused-ring (bicyclic) bond motifs is 2. The Kier molecular flexibility index (Phi) is 5.62. The van der Waals surface area contributed by atoms with Crippen LogP contribution in [0.25, 0.3) is 0 Å². The first-order valence-corrected chi connectivity index (χ1v) is 10.1. The lowest BCUT2D eigenvalue weighted by Gasteiger charge is -2.24. The van der Waals surface area contributed by atoms with E-state index in [1.165, 1.54) is 14.2 Å². The number of nitrogens with one attached hydrogen (secondary N) is 1. The van der Waals surface area contributed by atoms with Gasteiger partial charge < -0.3 is 14.8 Å². The number of nitrogens with zero attached hydrogens (tertiary/aromatic N) is 1. The highest BCUT2D eigenvalue weighted by Gasteiger charge is 2.25. The molecule has 158 valence electrons. The zero-order chi connectivity index (χ0) is 22.0. The standard InChI is InChI=1S/C25H24N2O4/c1-16(28)27-20-8-5-4-7-17(20)11-12-18-13-14-19(15-21(18)27)26-25(29)24-22(30-2)9-6-10-23(24)31-3/h4-10,13-15H,11-12H2,1-3H3,(H,26,29). The number of ether oxygens (including phenoxy) is 2. The molecule has 1 N–H and O–H groups in total. The van der Waals surface area contributed by atoms with Gasteiger partial charge in [0.2, 0.25) is 5.91 Å². The van der Waals surface area contributed by atoms with Crippen LogP contribution in [0.5, 0.6) is 11.5 Å². The molecule has 0 saturated heterocycles. The number of methoxy groups -OCH3 is 2. The lowest BCUT2D eigenvalue weighted by atomic mass is 10.0. The molecule has 0 spiro atoms. The van der Waals surface area contributed by atoms with Crippen LogP contribution in [0, 0.1) is 0 Å². The minimum atomic E-state index is -0.349. The van der Waals surface area contributed by atoms with Crippen molar-refractivity contribution in [3.05, 3.63) is 77.4 Å². The molecule has 6 nitrogen and oxygen atoms in total. The molecule has 0 radical (unpaired) electrons. The number of aryl methyl sites for hydroxylation is 2. The van der Waals surface area contributed by atoms with Crippen LogP contribution in [0.15, 0.2) is 60.7 Å². The van der Waals surface area contributed by atoms with Crippen LogP contribution in [0.4, 0.5) is 17.1 Å². The molecule has 0 bridgehead atoms. The van der Waals surface area contributed by atoms with E-state index in [2.05, 4.69) is 5.32 Å². The molecular weight excluding hydrogens is 392 g/mol. The zero-order valence-corrected chi connectivity index (χ0v) is 17.8. The van der Waals surface area contributed by atoms with Crippen molar-refractivity contribution in [2.24, 2.45) is 0 Å².